The maximum atomic E-state index is 12.4. The highest BCUT2D eigenvalue weighted by molar-refractivity contribution is 5.94. The van der Waals surface area contributed by atoms with Crippen LogP contribution in [-0.2, 0) is 0 Å². The first-order chi connectivity index (χ1) is 10.3. The van der Waals surface area contributed by atoms with Crippen LogP contribution in [0.25, 0.3) is 5.82 Å². The number of hydrogen-bond acceptors (Lipinski definition) is 5. The Labute approximate surface area is 122 Å². The van der Waals surface area contributed by atoms with Crippen LogP contribution in [0.15, 0.2) is 31.0 Å². The summed E-state index contributed by atoms with van der Waals surface area (Å²) in [5, 5.41) is 13.0. The molecule has 0 aliphatic carbocycles. The lowest BCUT2D eigenvalue weighted by molar-refractivity contribution is 0.0784. The summed E-state index contributed by atoms with van der Waals surface area (Å²) in [6.45, 7) is 1.64. The molecule has 3 rings (SSSR count). The minimum Gasteiger partial charge on any atom is -0.396 e. The number of likely N-dealkylation sites (tertiary alicyclic amines) is 1. The van der Waals surface area contributed by atoms with Gasteiger partial charge in [0, 0.05) is 25.9 Å². The van der Waals surface area contributed by atoms with Gasteiger partial charge in [0.05, 0.1) is 5.56 Å². The van der Waals surface area contributed by atoms with Gasteiger partial charge < -0.3 is 10.0 Å². The third kappa shape index (κ3) is 2.92. The number of hydrogen-bond donors (Lipinski definition) is 1. The zero-order valence-electron chi connectivity index (χ0n) is 11.6. The van der Waals surface area contributed by atoms with Gasteiger partial charge in [0.1, 0.15) is 12.7 Å². The van der Waals surface area contributed by atoms with Crippen molar-refractivity contribution in [3.8, 4) is 5.82 Å². The van der Waals surface area contributed by atoms with Gasteiger partial charge in [0.25, 0.3) is 5.91 Å². The van der Waals surface area contributed by atoms with Gasteiger partial charge in [0.15, 0.2) is 5.82 Å². The first-order valence-corrected chi connectivity index (χ1v) is 6.99. The molecular formula is C14H17N5O2. The van der Waals surface area contributed by atoms with Crippen LogP contribution < -0.4 is 0 Å². The van der Waals surface area contributed by atoms with Crippen LogP contribution in [0.2, 0.25) is 0 Å². The molecule has 1 unspecified atom stereocenters. The molecule has 1 N–H and O–H groups in total. The smallest absolute Gasteiger partial charge is 0.255 e. The van der Waals surface area contributed by atoms with Gasteiger partial charge in [-0.15, -0.1) is 0 Å². The number of amides is 1. The quantitative estimate of drug-likeness (QED) is 0.885. The molecular weight excluding hydrogens is 270 g/mol. The molecule has 1 aliphatic rings. The van der Waals surface area contributed by atoms with Crippen LogP contribution in [0.4, 0.5) is 0 Å². The molecule has 1 amide bonds. The number of carbonyl (C=O) groups excluding carboxylic acids is 1. The molecule has 1 fully saturated rings. The van der Waals surface area contributed by atoms with E-state index < -0.39 is 0 Å². The Kier molecular flexibility index (Phi) is 3.92. The van der Waals surface area contributed by atoms with E-state index in [1.165, 1.54) is 6.33 Å². The fraction of sp³-hybridized carbons (Fsp3) is 0.429. The Morgan fingerprint density at radius 3 is 3.00 bits per heavy atom. The Balaban J connectivity index is 1.68. The summed E-state index contributed by atoms with van der Waals surface area (Å²) in [5.41, 5.74) is 0.573. The maximum Gasteiger partial charge on any atom is 0.255 e. The number of aliphatic hydroxyl groups is 1. The summed E-state index contributed by atoms with van der Waals surface area (Å²) in [5.74, 6) is 1.03. The molecule has 1 atom stereocenters. The highest BCUT2D eigenvalue weighted by atomic mass is 16.3. The van der Waals surface area contributed by atoms with Crippen molar-refractivity contribution in [2.75, 3.05) is 19.7 Å². The Morgan fingerprint density at radius 1 is 1.43 bits per heavy atom. The molecule has 0 saturated carbocycles. The van der Waals surface area contributed by atoms with Crippen molar-refractivity contribution in [1.82, 2.24) is 24.6 Å². The van der Waals surface area contributed by atoms with Gasteiger partial charge in [-0.1, -0.05) is 0 Å². The van der Waals surface area contributed by atoms with Crippen molar-refractivity contribution < 1.29 is 9.90 Å². The third-order valence-corrected chi connectivity index (χ3v) is 3.76. The highest BCUT2D eigenvalue weighted by Crippen LogP contribution is 2.21. The van der Waals surface area contributed by atoms with E-state index in [0.717, 1.165) is 19.4 Å². The Hall–Kier alpha value is -2.28. The van der Waals surface area contributed by atoms with Crippen molar-refractivity contribution >= 4 is 5.91 Å². The van der Waals surface area contributed by atoms with Gasteiger partial charge in [-0.25, -0.2) is 14.6 Å². The van der Waals surface area contributed by atoms with E-state index in [9.17, 15) is 4.79 Å². The third-order valence-electron chi connectivity index (χ3n) is 3.76. The predicted molar refractivity (Wildman–Crippen MR) is 74.9 cm³/mol. The van der Waals surface area contributed by atoms with E-state index in [2.05, 4.69) is 15.1 Å². The lowest BCUT2D eigenvalue weighted by Crippen LogP contribution is -2.29. The molecule has 2 aromatic heterocycles. The minimum atomic E-state index is -0.00641. The lowest BCUT2D eigenvalue weighted by atomic mass is 10.1. The van der Waals surface area contributed by atoms with Crippen molar-refractivity contribution in [3.63, 3.8) is 0 Å². The molecule has 21 heavy (non-hydrogen) atoms. The topological polar surface area (TPSA) is 84.1 Å². The molecule has 2 aromatic rings. The van der Waals surface area contributed by atoms with Crippen LogP contribution in [0.3, 0.4) is 0 Å². The van der Waals surface area contributed by atoms with E-state index in [-0.39, 0.29) is 12.5 Å². The molecule has 3 heterocycles. The van der Waals surface area contributed by atoms with E-state index in [4.69, 9.17) is 5.11 Å². The number of rotatable bonds is 4. The molecule has 1 saturated heterocycles. The first-order valence-electron chi connectivity index (χ1n) is 6.99. The predicted octanol–water partition coefficient (Wildman–Crippen LogP) is 0.507. The number of aromatic nitrogens is 4. The van der Waals surface area contributed by atoms with E-state index >= 15 is 0 Å². The van der Waals surface area contributed by atoms with Gasteiger partial charge in [-0.3, -0.25) is 4.79 Å². The van der Waals surface area contributed by atoms with Crippen LogP contribution in [0.1, 0.15) is 23.2 Å². The Bertz CT molecular complexity index is 596. The fourth-order valence-electron chi connectivity index (χ4n) is 2.59. The summed E-state index contributed by atoms with van der Waals surface area (Å²) in [6.07, 6.45) is 6.28. The average molecular weight is 287 g/mol. The number of pyridine rings is 1. The Morgan fingerprint density at radius 2 is 2.33 bits per heavy atom. The van der Waals surface area contributed by atoms with Crippen LogP contribution >= 0.6 is 0 Å². The highest BCUT2D eigenvalue weighted by Gasteiger charge is 2.26. The summed E-state index contributed by atoms with van der Waals surface area (Å²) in [6, 6.07) is 3.51. The summed E-state index contributed by atoms with van der Waals surface area (Å²) < 4.78 is 1.54. The second-order valence-electron chi connectivity index (χ2n) is 5.16. The van der Waals surface area contributed by atoms with Crippen molar-refractivity contribution in [1.29, 1.82) is 0 Å². The average Bonchev–Trinajstić information content (AvgIpc) is 3.19. The van der Waals surface area contributed by atoms with Gasteiger partial charge in [-0.05, 0) is 30.9 Å². The fourth-order valence-corrected chi connectivity index (χ4v) is 2.59. The van der Waals surface area contributed by atoms with Crippen molar-refractivity contribution in [2.24, 2.45) is 5.92 Å². The zero-order valence-corrected chi connectivity index (χ0v) is 11.6. The molecule has 7 heteroatoms. The number of nitrogens with zero attached hydrogens (tertiary/aromatic N) is 5. The zero-order chi connectivity index (χ0) is 14.7. The lowest BCUT2D eigenvalue weighted by Gasteiger charge is -2.16. The van der Waals surface area contributed by atoms with Crippen molar-refractivity contribution in [3.05, 3.63) is 36.5 Å². The molecule has 110 valence electrons. The summed E-state index contributed by atoms with van der Waals surface area (Å²) in [4.78, 5) is 22.3. The van der Waals surface area contributed by atoms with Crippen molar-refractivity contribution in [2.45, 2.75) is 12.8 Å². The summed E-state index contributed by atoms with van der Waals surface area (Å²) >= 11 is 0. The van der Waals surface area contributed by atoms with Gasteiger partial charge >= 0.3 is 0 Å². The largest absolute Gasteiger partial charge is 0.396 e. The molecule has 7 nitrogen and oxygen atoms in total. The van der Waals surface area contributed by atoms with Crippen LogP contribution in [0, 0.1) is 5.92 Å². The first kappa shape index (κ1) is 13.7. The standard InChI is InChI=1S/C14H17N5O2/c20-6-4-11-3-5-18(8-11)14(21)12-1-2-13(16-7-12)19-10-15-9-17-19/h1-2,7,9-11,20H,3-6,8H2. The SMILES string of the molecule is O=C(c1ccc(-n2cncn2)nc1)N1CCC(CCO)C1. The molecule has 0 radical (unpaired) electrons. The summed E-state index contributed by atoms with van der Waals surface area (Å²) in [7, 11) is 0. The van der Waals surface area contributed by atoms with Crippen LogP contribution in [0.5, 0.6) is 0 Å². The number of carbonyl (C=O) groups is 1. The molecule has 1 aliphatic heterocycles. The molecule has 0 bridgehead atoms. The number of aliphatic hydroxyl groups excluding tert-OH is 1. The van der Waals surface area contributed by atoms with Gasteiger partial charge in [0.2, 0.25) is 0 Å². The normalized spacial score (nSPS) is 18.1. The van der Waals surface area contributed by atoms with Crippen LogP contribution in [-0.4, -0.2) is 55.4 Å². The monoisotopic (exact) mass is 287 g/mol. The van der Waals surface area contributed by atoms with E-state index in [0.29, 0.717) is 23.8 Å². The van der Waals surface area contributed by atoms with Gasteiger partial charge in [-0.2, -0.15) is 5.10 Å². The molecule has 0 spiro atoms. The second kappa shape index (κ2) is 6.01. The second-order valence-corrected chi connectivity index (χ2v) is 5.16. The molecule has 0 aromatic carbocycles. The van der Waals surface area contributed by atoms with E-state index in [1.54, 1.807) is 29.3 Å². The minimum absolute atomic E-state index is 0.00641. The van der Waals surface area contributed by atoms with E-state index in [1.807, 2.05) is 4.90 Å². The maximum absolute atomic E-state index is 12.4.